The smallest absolute Gasteiger partial charge is 0.261 e. The molecule has 0 saturated heterocycles. The van der Waals surface area contributed by atoms with Crippen LogP contribution < -0.4 is 4.72 Å². The van der Waals surface area contributed by atoms with E-state index < -0.39 is 10.0 Å². The first-order chi connectivity index (χ1) is 11.3. The molecule has 0 aliphatic carbocycles. The van der Waals surface area contributed by atoms with E-state index in [9.17, 15) is 8.42 Å². The Morgan fingerprint density at radius 1 is 1.21 bits per heavy atom. The first kappa shape index (κ1) is 16.9. The van der Waals surface area contributed by atoms with Crippen LogP contribution in [0.2, 0.25) is 5.02 Å². The van der Waals surface area contributed by atoms with Crippen LogP contribution in [0.5, 0.6) is 0 Å². The zero-order valence-electron chi connectivity index (χ0n) is 12.3. The molecular weight excluding hydrogens is 418 g/mol. The Balaban J connectivity index is 1.95. The Morgan fingerprint density at radius 3 is 2.67 bits per heavy atom. The third-order valence-corrected chi connectivity index (χ3v) is 5.36. The lowest BCUT2D eigenvalue weighted by molar-refractivity contribution is 0.394. The van der Waals surface area contributed by atoms with Crippen molar-refractivity contribution in [1.29, 1.82) is 0 Å². The van der Waals surface area contributed by atoms with E-state index in [-0.39, 0.29) is 4.90 Å². The van der Waals surface area contributed by atoms with Crippen LogP contribution in [0.4, 0.5) is 5.69 Å². The summed E-state index contributed by atoms with van der Waals surface area (Å²) in [6.45, 7) is 1.66. The van der Waals surface area contributed by atoms with Crippen molar-refractivity contribution in [3.63, 3.8) is 0 Å². The number of sulfonamides is 1. The lowest BCUT2D eigenvalue weighted by Gasteiger charge is -2.10. The highest BCUT2D eigenvalue weighted by Crippen LogP contribution is 2.28. The first-order valence-electron chi connectivity index (χ1n) is 6.74. The Morgan fingerprint density at radius 2 is 2.00 bits per heavy atom. The molecule has 0 aliphatic heterocycles. The summed E-state index contributed by atoms with van der Waals surface area (Å²) in [4.78, 5) is 4.18. The van der Waals surface area contributed by atoms with E-state index in [4.69, 9.17) is 16.1 Å². The van der Waals surface area contributed by atoms with Gasteiger partial charge in [0, 0.05) is 22.0 Å². The number of aromatic nitrogens is 2. The monoisotopic (exact) mass is 427 g/mol. The van der Waals surface area contributed by atoms with Crippen molar-refractivity contribution in [2.45, 2.75) is 11.8 Å². The maximum atomic E-state index is 12.6. The van der Waals surface area contributed by atoms with Crippen molar-refractivity contribution < 1.29 is 12.9 Å². The molecule has 6 nitrogen and oxygen atoms in total. The number of anilines is 1. The highest BCUT2D eigenvalue weighted by molar-refractivity contribution is 9.10. The van der Waals surface area contributed by atoms with Crippen LogP contribution in [0, 0.1) is 6.92 Å². The second-order valence-electron chi connectivity index (χ2n) is 4.89. The summed E-state index contributed by atoms with van der Waals surface area (Å²) in [6.07, 6.45) is 0. The third kappa shape index (κ3) is 3.61. The fraction of sp³-hybridized carbons (Fsp3) is 0.0667. The second-order valence-corrected chi connectivity index (χ2v) is 7.87. The molecule has 0 spiro atoms. The average molecular weight is 429 g/mol. The van der Waals surface area contributed by atoms with Crippen LogP contribution >= 0.6 is 27.5 Å². The number of hydrogen-bond donors (Lipinski definition) is 1. The van der Waals surface area contributed by atoms with Crippen LogP contribution in [-0.4, -0.2) is 18.6 Å². The van der Waals surface area contributed by atoms with Crippen molar-refractivity contribution in [1.82, 2.24) is 10.1 Å². The van der Waals surface area contributed by atoms with Gasteiger partial charge in [-0.3, -0.25) is 4.72 Å². The number of rotatable bonds is 4. The minimum atomic E-state index is -3.78. The molecule has 2 aromatic carbocycles. The Kier molecular flexibility index (Phi) is 4.62. The number of nitrogens with one attached hydrogen (secondary N) is 1. The molecule has 0 aliphatic rings. The molecule has 0 radical (unpaired) electrons. The van der Waals surface area contributed by atoms with E-state index in [0.29, 0.717) is 32.5 Å². The SMILES string of the molecule is Cc1nc(-c2cccc(S(=O)(=O)Nc3ccc(Cl)cc3Br)c2)no1. The number of hydrogen-bond acceptors (Lipinski definition) is 5. The van der Waals surface area contributed by atoms with Gasteiger partial charge in [0.05, 0.1) is 10.6 Å². The van der Waals surface area contributed by atoms with Gasteiger partial charge in [-0.25, -0.2) is 8.42 Å². The summed E-state index contributed by atoms with van der Waals surface area (Å²) in [6, 6.07) is 11.1. The second kappa shape index (κ2) is 6.54. The lowest BCUT2D eigenvalue weighted by atomic mass is 10.2. The molecule has 1 N–H and O–H groups in total. The van der Waals surface area contributed by atoms with E-state index >= 15 is 0 Å². The molecule has 0 fully saturated rings. The summed E-state index contributed by atoms with van der Waals surface area (Å²) in [5, 5.41) is 4.29. The standard InChI is InChI=1S/C15H11BrClN3O3S/c1-9-18-15(19-23-9)10-3-2-4-12(7-10)24(21,22)20-14-6-5-11(17)8-13(14)16/h2-8,20H,1H3. The third-order valence-electron chi connectivity index (χ3n) is 3.11. The van der Waals surface area contributed by atoms with Gasteiger partial charge in [0.1, 0.15) is 0 Å². The molecule has 3 rings (SSSR count). The summed E-state index contributed by atoms with van der Waals surface area (Å²) in [5.41, 5.74) is 0.935. The van der Waals surface area contributed by atoms with E-state index in [0.717, 1.165) is 0 Å². The van der Waals surface area contributed by atoms with Crippen LogP contribution in [0.3, 0.4) is 0 Å². The highest BCUT2D eigenvalue weighted by Gasteiger charge is 2.17. The summed E-state index contributed by atoms with van der Waals surface area (Å²) in [7, 11) is -3.78. The fourth-order valence-corrected chi connectivity index (χ4v) is 4.03. The maximum Gasteiger partial charge on any atom is 0.261 e. The molecule has 0 amide bonds. The van der Waals surface area contributed by atoms with E-state index in [1.807, 2.05) is 0 Å². The molecule has 24 heavy (non-hydrogen) atoms. The first-order valence-corrected chi connectivity index (χ1v) is 9.39. The molecular formula is C15H11BrClN3O3S. The van der Waals surface area contributed by atoms with Gasteiger partial charge >= 0.3 is 0 Å². The molecule has 0 saturated carbocycles. The molecule has 9 heteroatoms. The predicted molar refractivity (Wildman–Crippen MR) is 94.4 cm³/mol. The zero-order chi connectivity index (χ0) is 17.3. The number of halogens is 2. The normalized spacial score (nSPS) is 11.5. The van der Waals surface area contributed by atoms with Gasteiger partial charge in [-0.1, -0.05) is 28.9 Å². The van der Waals surface area contributed by atoms with Gasteiger partial charge in [0.15, 0.2) is 0 Å². The topological polar surface area (TPSA) is 85.1 Å². The Hall–Kier alpha value is -1.90. The van der Waals surface area contributed by atoms with Crippen LogP contribution in [-0.2, 0) is 10.0 Å². The number of benzene rings is 2. The average Bonchev–Trinajstić information content (AvgIpc) is 2.97. The van der Waals surface area contributed by atoms with Crippen LogP contribution in [0.25, 0.3) is 11.4 Å². The molecule has 1 heterocycles. The molecule has 0 atom stereocenters. The van der Waals surface area contributed by atoms with E-state index in [1.165, 1.54) is 12.1 Å². The number of aryl methyl sites for hydroxylation is 1. The predicted octanol–water partition coefficient (Wildman–Crippen LogP) is 4.26. The zero-order valence-corrected chi connectivity index (χ0v) is 15.5. The highest BCUT2D eigenvalue weighted by atomic mass is 79.9. The quantitative estimate of drug-likeness (QED) is 0.671. The van der Waals surface area contributed by atoms with Gasteiger partial charge in [-0.15, -0.1) is 0 Å². The van der Waals surface area contributed by atoms with Crippen molar-refractivity contribution in [2.75, 3.05) is 4.72 Å². The van der Waals surface area contributed by atoms with Crippen molar-refractivity contribution in [3.05, 3.63) is 57.9 Å². The minimum absolute atomic E-state index is 0.0873. The van der Waals surface area contributed by atoms with E-state index in [2.05, 4.69) is 30.8 Å². The van der Waals surface area contributed by atoms with Crippen molar-refractivity contribution >= 4 is 43.2 Å². The van der Waals surface area contributed by atoms with Crippen molar-refractivity contribution in [2.24, 2.45) is 0 Å². The molecule has 0 unspecified atom stereocenters. The molecule has 3 aromatic rings. The van der Waals surface area contributed by atoms with E-state index in [1.54, 1.807) is 37.3 Å². The maximum absolute atomic E-state index is 12.6. The molecule has 1 aromatic heterocycles. The minimum Gasteiger partial charge on any atom is -0.339 e. The van der Waals surface area contributed by atoms with Gasteiger partial charge in [0.2, 0.25) is 11.7 Å². The molecule has 0 bridgehead atoms. The summed E-state index contributed by atoms with van der Waals surface area (Å²) < 4.78 is 33.2. The largest absolute Gasteiger partial charge is 0.339 e. The Bertz CT molecular complexity index is 1000. The van der Waals surface area contributed by atoms with Gasteiger partial charge in [-0.05, 0) is 46.3 Å². The van der Waals surface area contributed by atoms with Crippen LogP contribution in [0.1, 0.15) is 5.89 Å². The Labute approximate surface area is 152 Å². The molecule has 124 valence electrons. The number of nitrogens with zero attached hydrogens (tertiary/aromatic N) is 2. The van der Waals surface area contributed by atoms with Crippen LogP contribution in [0.15, 0.2) is 56.4 Å². The summed E-state index contributed by atoms with van der Waals surface area (Å²) in [5.74, 6) is 0.735. The van der Waals surface area contributed by atoms with Gasteiger partial charge in [-0.2, -0.15) is 4.98 Å². The summed E-state index contributed by atoms with van der Waals surface area (Å²) >= 11 is 9.15. The fourth-order valence-electron chi connectivity index (χ4n) is 1.99. The lowest BCUT2D eigenvalue weighted by Crippen LogP contribution is -2.13. The van der Waals surface area contributed by atoms with Crippen molar-refractivity contribution in [3.8, 4) is 11.4 Å². The van der Waals surface area contributed by atoms with Gasteiger partial charge in [0.25, 0.3) is 10.0 Å². The van der Waals surface area contributed by atoms with Gasteiger partial charge < -0.3 is 4.52 Å².